The highest BCUT2D eigenvalue weighted by atomic mass is 15.2. The Morgan fingerprint density at radius 2 is 2.09 bits per heavy atom. The SMILES string of the molecule is CNc1cc(CN2CCNCC2)cnc1-c1c(C)ccn1C. The van der Waals surface area contributed by atoms with E-state index in [9.17, 15) is 0 Å². The Morgan fingerprint density at radius 3 is 2.73 bits per heavy atom. The number of nitrogens with one attached hydrogen (secondary N) is 2. The van der Waals surface area contributed by atoms with Gasteiger partial charge in [0.2, 0.25) is 0 Å². The molecule has 1 aliphatic rings. The first-order valence-electron chi connectivity index (χ1n) is 7.91. The van der Waals surface area contributed by atoms with E-state index in [1.54, 1.807) is 0 Å². The standard InChI is InChI=1S/C17H25N5/c1-13-4-7-21(3)17(13)16-15(18-2)10-14(11-20-16)12-22-8-5-19-6-9-22/h4,7,10-11,18-19H,5-6,8-9,12H2,1-3H3. The Hall–Kier alpha value is -1.85. The number of aromatic nitrogens is 2. The normalized spacial score (nSPS) is 16.0. The lowest BCUT2D eigenvalue weighted by molar-refractivity contribution is 0.233. The molecule has 0 unspecified atom stereocenters. The van der Waals surface area contributed by atoms with Crippen LogP contribution in [0.1, 0.15) is 11.1 Å². The molecule has 1 saturated heterocycles. The maximum Gasteiger partial charge on any atom is 0.110 e. The molecule has 0 spiro atoms. The van der Waals surface area contributed by atoms with Crippen molar-refractivity contribution in [3.05, 3.63) is 35.7 Å². The molecule has 0 saturated carbocycles. The van der Waals surface area contributed by atoms with Gasteiger partial charge in [-0.2, -0.15) is 0 Å². The summed E-state index contributed by atoms with van der Waals surface area (Å²) in [7, 11) is 4.03. The smallest absolute Gasteiger partial charge is 0.110 e. The summed E-state index contributed by atoms with van der Waals surface area (Å²) in [5, 5.41) is 6.70. The zero-order valence-corrected chi connectivity index (χ0v) is 13.7. The lowest BCUT2D eigenvalue weighted by Crippen LogP contribution is -2.42. The van der Waals surface area contributed by atoms with Crippen LogP contribution in [-0.4, -0.2) is 47.7 Å². The fraction of sp³-hybridized carbons (Fsp3) is 0.471. The molecule has 2 aromatic rings. The van der Waals surface area contributed by atoms with Gasteiger partial charge in [-0.25, -0.2) is 0 Å². The lowest BCUT2D eigenvalue weighted by Gasteiger charge is -2.27. The summed E-state index contributed by atoms with van der Waals surface area (Å²) < 4.78 is 2.13. The summed E-state index contributed by atoms with van der Waals surface area (Å²) in [6, 6.07) is 4.36. The van der Waals surface area contributed by atoms with Gasteiger partial charge in [0.25, 0.3) is 0 Å². The third-order valence-electron chi connectivity index (χ3n) is 4.33. The van der Waals surface area contributed by atoms with Crippen molar-refractivity contribution in [3.63, 3.8) is 0 Å². The molecule has 5 heteroatoms. The van der Waals surface area contributed by atoms with Crippen LogP contribution in [0.3, 0.4) is 0 Å². The van der Waals surface area contributed by atoms with Gasteiger partial charge in [0.15, 0.2) is 0 Å². The van der Waals surface area contributed by atoms with Crippen LogP contribution < -0.4 is 10.6 Å². The molecular weight excluding hydrogens is 274 g/mol. The molecular formula is C17H25N5. The molecule has 0 aliphatic carbocycles. The Morgan fingerprint density at radius 1 is 1.32 bits per heavy atom. The molecule has 1 fully saturated rings. The molecule has 2 N–H and O–H groups in total. The van der Waals surface area contributed by atoms with Crippen LogP contribution in [0, 0.1) is 6.92 Å². The van der Waals surface area contributed by atoms with E-state index >= 15 is 0 Å². The number of anilines is 1. The Kier molecular flexibility index (Phi) is 4.45. The van der Waals surface area contributed by atoms with Gasteiger partial charge in [-0.05, 0) is 30.2 Å². The number of nitrogens with zero attached hydrogens (tertiary/aromatic N) is 3. The number of pyridine rings is 1. The first-order valence-corrected chi connectivity index (χ1v) is 7.91. The van der Waals surface area contributed by atoms with Crippen LogP contribution in [0.4, 0.5) is 5.69 Å². The van der Waals surface area contributed by atoms with Crippen LogP contribution in [-0.2, 0) is 13.6 Å². The van der Waals surface area contributed by atoms with Crippen molar-refractivity contribution in [1.29, 1.82) is 0 Å². The number of rotatable bonds is 4. The quantitative estimate of drug-likeness (QED) is 0.904. The zero-order chi connectivity index (χ0) is 15.5. The van der Waals surface area contributed by atoms with Gasteiger partial charge >= 0.3 is 0 Å². The first kappa shape index (κ1) is 15.1. The minimum absolute atomic E-state index is 0.968. The minimum atomic E-state index is 0.968. The van der Waals surface area contributed by atoms with E-state index in [0.29, 0.717) is 0 Å². The monoisotopic (exact) mass is 299 g/mol. The van der Waals surface area contributed by atoms with Crippen LogP contribution in [0.25, 0.3) is 11.4 Å². The fourth-order valence-corrected chi connectivity index (χ4v) is 3.11. The van der Waals surface area contributed by atoms with Crippen molar-refractivity contribution < 1.29 is 0 Å². The second kappa shape index (κ2) is 6.50. The highest BCUT2D eigenvalue weighted by molar-refractivity contribution is 5.74. The van der Waals surface area contributed by atoms with Gasteiger partial charge in [-0.15, -0.1) is 0 Å². The van der Waals surface area contributed by atoms with Crippen molar-refractivity contribution in [3.8, 4) is 11.4 Å². The van der Waals surface area contributed by atoms with E-state index in [2.05, 4.69) is 52.4 Å². The van der Waals surface area contributed by atoms with Crippen molar-refractivity contribution in [2.24, 2.45) is 7.05 Å². The van der Waals surface area contributed by atoms with Crippen molar-refractivity contribution in [1.82, 2.24) is 19.8 Å². The molecule has 2 aromatic heterocycles. The zero-order valence-electron chi connectivity index (χ0n) is 13.7. The molecule has 3 heterocycles. The summed E-state index contributed by atoms with van der Waals surface area (Å²) in [6.07, 6.45) is 4.10. The average Bonchev–Trinajstić information content (AvgIpc) is 2.87. The van der Waals surface area contributed by atoms with Crippen LogP contribution in [0.5, 0.6) is 0 Å². The summed E-state index contributed by atoms with van der Waals surface area (Å²) in [5.74, 6) is 0. The Bertz CT molecular complexity index is 621. The molecule has 5 nitrogen and oxygen atoms in total. The van der Waals surface area contributed by atoms with E-state index in [1.165, 1.54) is 16.8 Å². The Labute approximate surface area is 132 Å². The topological polar surface area (TPSA) is 45.1 Å². The summed E-state index contributed by atoms with van der Waals surface area (Å²) in [4.78, 5) is 7.23. The lowest BCUT2D eigenvalue weighted by atomic mass is 10.1. The summed E-state index contributed by atoms with van der Waals surface area (Å²) in [5.41, 5.74) is 5.82. The summed E-state index contributed by atoms with van der Waals surface area (Å²) >= 11 is 0. The van der Waals surface area contributed by atoms with Crippen LogP contribution in [0.15, 0.2) is 24.5 Å². The predicted octanol–water partition coefficient (Wildman–Crippen LogP) is 1.84. The van der Waals surface area contributed by atoms with Gasteiger partial charge in [0.05, 0.1) is 11.4 Å². The highest BCUT2D eigenvalue weighted by Gasteiger charge is 2.15. The molecule has 118 valence electrons. The van der Waals surface area contributed by atoms with E-state index in [1.807, 2.05) is 13.2 Å². The van der Waals surface area contributed by atoms with E-state index in [4.69, 9.17) is 4.98 Å². The van der Waals surface area contributed by atoms with Crippen molar-refractivity contribution >= 4 is 5.69 Å². The third-order valence-corrected chi connectivity index (χ3v) is 4.33. The molecule has 0 radical (unpaired) electrons. The van der Waals surface area contributed by atoms with Gasteiger partial charge in [-0.1, -0.05) is 0 Å². The van der Waals surface area contributed by atoms with Crippen LogP contribution in [0.2, 0.25) is 0 Å². The molecule has 0 amide bonds. The molecule has 22 heavy (non-hydrogen) atoms. The second-order valence-electron chi connectivity index (χ2n) is 5.97. The van der Waals surface area contributed by atoms with Gasteiger partial charge < -0.3 is 15.2 Å². The number of piperazine rings is 1. The number of hydrogen-bond donors (Lipinski definition) is 2. The second-order valence-corrected chi connectivity index (χ2v) is 5.97. The third kappa shape index (κ3) is 3.00. The first-order chi connectivity index (χ1) is 10.7. The molecule has 3 rings (SSSR count). The molecule has 0 bridgehead atoms. The van der Waals surface area contributed by atoms with Gasteiger partial charge in [-0.3, -0.25) is 9.88 Å². The Balaban J connectivity index is 1.87. The number of aryl methyl sites for hydroxylation is 2. The van der Waals surface area contributed by atoms with E-state index in [0.717, 1.165) is 44.1 Å². The maximum atomic E-state index is 4.75. The molecule has 0 atom stereocenters. The predicted molar refractivity (Wildman–Crippen MR) is 91.1 cm³/mol. The largest absolute Gasteiger partial charge is 0.386 e. The fourth-order valence-electron chi connectivity index (χ4n) is 3.11. The van der Waals surface area contributed by atoms with Crippen LogP contribution >= 0.6 is 0 Å². The van der Waals surface area contributed by atoms with Gasteiger partial charge in [0.1, 0.15) is 5.69 Å². The molecule has 1 aliphatic heterocycles. The van der Waals surface area contributed by atoms with Gasteiger partial charge in [0, 0.05) is 59.2 Å². The van der Waals surface area contributed by atoms with E-state index in [-0.39, 0.29) is 0 Å². The highest BCUT2D eigenvalue weighted by Crippen LogP contribution is 2.29. The average molecular weight is 299 g/mol. The summed E-state index contributed by atoms with van der Waals surface area (Å²) in [6.45, 7) is 7.46. The van der Waals surface area contributed by atoms with Crippen molar-refractivity contribution in [2.45, 2.75) is 13.5 Å². The maximum absolute atomic E-state index is 4.75. The van der Waals surface area contributed by atoms with Crippen molar-refractivity contribution in [2.75, 3.05) is 38.5 Å². The molecule has 0 aromatic carbocycles. The minimum Gasteiger partial charge on any atom is -0.386 e. The number of hydrogen-bond acceptors (Lipinski definition) is 4. The van der Waals surface area contributed by atoms with E-state index < -0.39 is 0 Å².